The zero-order valence-corrected chi connectivity index (χ0v) is 14.7. The number of carboxylic acids is 1. The van der Waals surface area contributed by atoms with Crippen LogP contribution >= 0.6 is 11.3 Å². The first kappa shape index (κ1) is 17.8. The van der Waals surface area contributed by atoms with Crippen LogP contribution < -0.4 is 0 Å². The van der Waals surface area contributed by atoms with Crippen molar-refractivity contribution in [3.63, 3.8) is 0 Å². The van der Waals surface area contributed by atoms with Crippen LogP contribution in [0.4, 0.5) is 0 Å². The second-order valence-electron chi connectivity index (χ2n) is 5.34. The third-order valence-corrected chi connectivity index (χ3v) is 6.38. The molecule has 1 heterocycles. The van der Waals surface area contributed by atoms with Gasteiger partial charge in [0.1, 0.15) is 5.25 Å². The van der Waals surface area contributed by atoms with Crippen molar-refractivity contribution in [3.8, 4) is 11.3 Å². The summed E-state index contributed by atoms with van der Waals surface area (Å²) in [6.45, 7) is 2.10. The number of carboxylic acid groups (broad SMARTS) is 1. The van der Waals surface area contributed by atoms with Crippen LogP contribution in [-0.4, -0.2) is 25.5 Å². The minimum Gasteiger partial charge on any atom is -0.480 e. The lowest BCUT2D eigenvalue weighted by atomic mass is 10.1. The Morgan fingerprint density at radius 2 is 2.00 bits per heavy atom. The lowest BCUT2D eigenvalue weighted by Gasteiger charge is -2.10. The maximum Gasteiger partial charge on any atom is 0.319 e. The van der Waals surface area contributed by atoms with Gasteiger partial charge in [0.05, 0.1) is 16.5 Å². The van der Waals surface area contributed by atoms with Gasteiger partial charge >= 0.3 is 5.97 Å². The van der Waals surface area contributed by atoms with Crippen LogP contribution in [0.3, 0.4) is 0 Å². The van der Waals surface area contributed by atoms with E-state index in [0.717, 1.165) is 36.9 Å². The average molecular weight is 351 g/mol. The van der Waals surface area contributed by atoms with Crippen molar-refractivity contribution in [1.82, 2.24) is 4.98 Å². The van der Waals surface area contributed by atoms with Gasteiger partial charge < -0.3 is 5.11 Å². The van der Waals surface area contributed by atoms with E-state index in [-0.39, 0.29) is 0 Å². The number of hydrogen-bond donors (Lipinski definition) is 1. The number of aromatic nitrogens is 1. The Labute approximate surface area is 143 Å². The summed E-state index contributed by atoms with van der Waals surface area (Å²) in [4.78, 5) is 15.8. The largest absolute Gasteiger partial charge is 0.480 e. The fraction of sp³-hybridized carbons (Fsp3) is 0.412. The van der Waals surface area contributed by atoms with Crippen LogP contribution in [0, 0.1) is 0 Å². The molecule has 0 spiro atoms. The van der Waals surface area contributed by atoms with E-state index in [1.54, 1.807) is 0 Å². The molecule has 0 amide bonds. The molecule has 2 unspecified atom stereocenters. The van der Waals surface area contributed by atoms with Gasteiger partial charge in [0.2, 0.25) is 0 Å². The van der Waals surface area contributed by atoms with Crippen molar-refractivity contribution in [2.75, 3.05) is 0 Å². The van der Waals surface area contributed by atoms with Crippen molar-refractivity contribution in [3.05, 3.63) is 35.7 Å². The first-order valence-corrected chi connectivity index (χ1v) is 9.87. The van der Waals surface area contributed by atoms with Crippen LogP contribution in [0.2, 0.25) is 0 Å². The molecular formula is C17H21NO3S2. The summed E-state index contributed by atoms with van der Waals surface area (Å²) in [7, 11) is -1.60. The Bertz CT molecular complexity index is 655. The number of carbonyl (C=O) groups is 1. The van der Waals surface area contributed by atoms with Crippen molar-refractivity contribution in [2.45, 2.75) is 48.6 Å². The highest BCUT2D eigenvalue weighted by atomic mass is 32.2. The minimum absolute atomic E-state index is 0.395. The van der Waals surface area contributed by atoms with E-state index < -0.39 is 22.0 Å². The fourth-order valence-corrected chi connectivity index (χ4v) is 4.71. The standard InChI is InChI=1S/C17H21NO3S2/c1-2-3-4-8-11-15(16(19)20)23(21)17-18-14(12-22-17)13-9-6-5-7-10-13/h5-7,9-10,12,15H,2-4,8,11H2,1H3,(H,19,20). The van der Waals surface area contributed by atoms with E-state index >= 15 is 0 Å². The predicted octanol–water partition coefficient (Wildman–Crippen LogP) is 4.34. The van der Waals surface area contributed by atoms with Crippen LogP contribution in [0.15, 0.2) is 40.1 Å². The normalized spacial score (nSPS) is 13.6. The van der Waals surface area contributed by atoms with Gasteiger partial charge in [-0.15, -0.1) is 11.3 Å². The van der Waals surface area contributed by atoms with E-state index in [2.05, 4.69) is 11.9 Å². The molecule has 124 valence electrons. The number of thiazole rings is 1. The molecule has 2 atom stereocenters. The number of rotatable bonds is 9. The molecule has 0 saturated heterocycles. The first-order valence-electron chi connectivity index (χ1n) is 7.77. The maximum atomic E-state index is 12.6. The summed E-state index contributed by atoms with van der Waals surface area (Å²) in [5.41, 5.74) is 1.69. The smallest absolute Gasteiger partial charge is 0.319 e. The monoisotopic (exact) mass is 351 g/mol. The van der Waals surface area contributed by atoms with E-state index in [9.17, 15) is 14.1 Å². The van der Waals surface area contributed by atoms with Crippen LogP contribution in [-0.2, 0) is 15.6 Å². The highest BCUT2D eigenvalue weighted by Gasteiger charge is 2.27. The van der Waals surface area contributed by atoms with Crippen molar-refractivity contribution in [2.24, 2.45) is 0 Å². The van der Waals surface area contributed by atoms with Crippen LogP contribution in [0.25, 0.3) is 11.3 Å². The average Bonchev–Trinajstić information content (AvgIpc) is 3.05. The molecule has 0 saturated carbocycles. The zero-order valence-electron chi connectivity index (χ0n) is 13.1. The summed E-state index contributed by atoms with van der Waals surface area (Å²) in [5.74, 6) is -1.00. The molecule has 23 heavy (non-hydrogen) atoms. The number of aliphatic carboxylic acids is 1. The van der Waals surface area contributed by atoms with Crippen molar-refractivity contribution >= 4 is 28.1 Å². The van der Waals surface area contributed by atoms with Crippen LogP contribution in [0.1, 0.15) is 39.0 Å². The Hall–Kier alpha value is -1.53. The van der Waals surface area contributed by atoms with Gasteiger partial charge in [0.25, 0.3) is 0 Å². The summed E-state index contributed by atoms with van der Waals surface area (Å²) < 4.78 is 13.0. The fourth-order valence-electron chi connectivity index (χ4n) is 2.29. The molecule has 1 aromatic carbocycles. The highest BCUT2D eigenvalue weighted by molar-refractivity contribution is 7.88. The van der Waals surface area contributed by atoms with Crippen LogP contribution in [0.5, 0.6) is 0 Å². The number of hydrogen-bond acceptors (Lipinski definition) is 4. The number of unbranched alkanes of at least 4 members (excludes halogenated alkanes) is 3. The summed E-state index contributed by atoms with van der Waals surface area (Å²) in [6, 6.07) is 9.62. The lowest BCUT2D eigenvalue weighted by molar-refractivity contribution is -0.136. The molecule has 2 rings (SSSR count). The Kier molecular flexibility index (Phi) is 6.92. The zero-order chi connectivity index (χ0) is 16.7. The highest BCUT2D eigenvalue weighted by Crippen LogP contribution is 2.26. The topological polar surface area (TPSA) is 67.3 Å². The molecule has 4 nitrogen and oxygen atoms in total. The number of benzene rings is 1. The van der Waals surface area contributed by atoms with E-state index in [4.69, 9.17) is 0 Å². The quantitative estimate of drug-likeness (QED) is 0.682. The molecule has 2 aromatic rings. The van der Waals surface area contributed by atoms with E-state index in [1.807, 2.05) is 35.7 Å². The maximum absolute atomic E-state index is 12.6. The second-order valence-corrected chi connectivity index (χ2v) is 8.01. The molecule has 6 heteroatoms. The second kappa shape index (κ2) is 8.93. The minimum atomic E-state index is -1.60. The Balaban J connectivity index is 2.08. The lowest BCUT2D eigenvalue weighted by Crippen LogP contribution is -2.25. The van der Waals surface area contributed by atoms with Gasteiger partial charge in [0.15, 0.2) is 4.34 Å². The Morgan fingerprint density at radius 3 is 2.65 bits per heavy atom. The van der Waals surface area contributed by atoms with Crippen molar-refractivity contribution in [1.29, 1.82) is 0 Å². The Morgan fingerprint density at radius 1 is 1.26 bits per heavy atom. The van der Waals surface area contributed by atoms with Gasteiger partial charge in [-0.3, -0.25) is 9.00 Å². The molecule has 0 fully saturated rings. The summed E-state index contributed by atoms with van der Waals surface area (Å²) in [5, 5.41) is 10.3. The van der Waals surface area contributed by atoms with Crippen molar-refractivity contribution < 1.29 is 14.1 Å². The molecule has 1 aromatic heterocycles. The molecular weight excluding hydrogens is 330 g/mol. The predicted molar refractivity (Wildman–Crippen MR) is 94.1 cm³/mol. The summed E-state index contributed by atoms with van der Waals surface area (Å²) >= 11 is 1.27. The molecule has 0 aliphatic rings. The molecule has 1 N–H and O–H groups in total. The summed E-state index contributed by atoms with van der Waals surface area (Å²) in [6.07, 6.45) is 4.36. The molecule has 0 radical (unpaired) electrons. The number of nitrogens with zero attached hydrogens (tertiary/aromatic N) is 1. The van der Waals surface area contributed by atoms with E-state index in [0.29, 0.717) is 10.8 Å². The SMILES string of the molecule is CCCCCCC(C(=O)O)S(=O)c1nc(-c2ccccc2)cs1. The molecule has 0 aliphatic heterocycles. The van der Waals surface area contributed by atoms with Gasteiger partial charge in [-0.05, 0) is 6.42 Å². The van der Waals surface area contributed by atoms with Gasteiger partial charge in [-0.2, -0.15) is 0 Å². The van der Waals surface area contributed by atoms with Gasteiger partial charge in [-0.25, -0.2) is 4.98 Å². The third kappa shape index (κ3) is 4.97. The van der Waals surface area contributed by atoms with Gasteiger partial charge in [0, 0.05) is 10.9 Å². The first-order chi connectivity index (χ1) is 11.1. The molecule has 0 aliphatic carbocycles. The third-order valence-electron chi connectivity index (χ3n) is 3.58. The molecule has 0 bridgehead atoms. The van der Waals surface area contributed by atoms with Gasteiger partial charge in [-0.1, -0.05) is 62.9 Å². The van der Waals surface area contributed by atoms with E-state index in [1.165, 1.54) is 11.3 Å².